The molecule has 0 radical (unpaired) electrons. The molecule has 3 aromatic heterocycles. The van der Waals surface area contributed by atoms with Crippen molar-refractivity contribution in [2.24, 2.45) is 0 Å². The maximum absolute atomic E-state index is 15.3. The van der Waals surface area contributed by atoms with E-state index in [1.165, 1.54) is 11.3 Å². The number of aryl methyl sites for hydroxylation is 1. The van der Waals surface area contributed by atoms with Crippen LogP contribution in [0.25, 0.3) is 10.3 Å². The van der Waals surface area contributed by atoms with Crippen molar-refractivity contribution in [3.63, 3.8) is 0 Å². The van der Waals surface area contributed by atoms with Crippen LogP contribution >= 0.6 is 11.3 Å². The molecule has 33 heavy (non-hydrogen) atoms. The maximum Gasteiger partial charge on any atom is 0.331 e. The summed E-state index contributed by atoms with van der Waals surface area (Å²) in [6, 6.07) is 5.78. The van der Waals surface area contributed by atoms with Crippen molar-refractivity contribution >= 4 is 38.5 Å². The SMILES string of the molecule is Cc1cc(Nc2nc(C(F)(F)c3ccc(F)cc3)nc3nc(N4CCN(C)CC4)sc23)n[nH]1. The molecule has 172 valence electrons. The lowest BCUT2D eigenvalue weighted by atomic mass is 10.1. The minimum absolute atomic E-state index is 0.176. The van der Waals surface area contributed by atoms with E-state index in [4.69, 9.17) is 0 Å². The van der Waals surface area contributed by atoms with Crippen LogP contribution in [0.4, 0.5) is 29.9 Å². The fraction of sp³-hybridized carbons (Fsp3) is 0.333. The van der Waals surface area contributed by atoms with Crippen molar-refractivity contribution in [3.8, 4) is 0 Å². The topological polar surface area (TPSA) is 85.9 Å². The summed E-state index contributed by atoms with van der Waals surface area (Å²) in [5.41, 5.74) is 0.580. The van der Waals surface area contributed by atoms with E-state index in [0.29, 0.717) is 15.6 Å². The summed E-state index contributed by atoms with van der Waals surface area (Å²) in [5, 5.41) is 10.7. The monoisotopic (exact) mass is 474 g/mol. The van der Waals surface area contributed by atoms with Gasteiger partial charge >= 0.3 is 5.92 Å². The van der Waals surface area contributed by atoms with Crippen LogP contribution in [-0.2, 0) is 5.92 Å². The van der Waals surface area contributed by atoms with Crippen LogP contribution in [-0.4, -0.2) is 63.3 Å². The minimum Gasteiger partial charge on any atom is -0.345 e. The highest BCUT2D eigenvalue weighted by molar-refractivity contribution is 7.22. The second kappa shape index (κ2) is 8.27. The van der Waals surface area contributed by atoms with Crippen LogP contribution in [0.1, 0.15) is 17.1 Å². The zero-order valence-electron chi connectivity index (χ0n) is 17.9. The molecule has 0 amide bonds. The molecular formula is C21H21F3N8S. The normalized spacial score (nSPS) is 15.4. The number of likely N-dealkylation sites (N-methyl/N-ethyl adjacent to an activating group) is 1. The lowest BCUT2D eigenvalue weighted by Crippen LogP contribution is -2.44. The predicted octanol–water partition coefficient (Wildman–Crippen LogP) is 3.89. The summed E-state index contributed by atoms with van der Waals surface area (Å²) in [5.74, 6) is -4.22. The van der Waals surface area contributed by atoms with Crippen LogP contribution in [0, 0.1) is 12.7 Å². The number of alkyl halides is 2. The number of fused-ring (bicyclic) bond motifs is 1. The number of nitrogens with zero attached hydrogens (tertiary/aromatic N) is 6. The highest BCUT2D eigenvalue weighted by Gasteiger charge is 2.39. The molecule has 1 saturated heterocycles. The highest BCUT2D eigenvalue weighted by atomic mass is 32.1. The number of benzene rings is 1. The Balaban J connectivity index is 1.60. The van der Waals surface area contributed by atoms with Crippen LogP contribution < -0.4 is 10.2 Å². The van der Waals surface area contributed by atoms with E-state index in [0.717, 1.165) is 56.1 Å². The van der Waals surface area contributed by atoms with Crippen LogP contribution in [0.5, 0.6) is 0 Å². The minimum atomic E-state index is -3.54. The molecule has 0 aliphatic carbocycles. The summed E-state index contributed by atoms with van der Waals surface area (Å²) in [6.45, 7) is 5.16. The van der Waals surface area contributed by atoms with Gasteiger partial charge in [-0.25, -0.2) is 14.4 Å². The van der Waals surface area contributed by atoms with E-state index in [-0.39, 0.29) is 11.5 Å². The number of anilines is 3. The standard InChI is InChI=1S/C21H21F3N8S/c1-12-11-15(30-29-12)25-17-16-18(28-20(33-16)32-9-7-31(2)8-10-32)27-19(26-17)21(23,24)13-3-5-14(22)6-4-13/h3-6,11H,7-10H2,1-2H3,(H2,25,26,27,29,30). The van der Waals surface area contributed by atoms with Crippen molar-refractivity contribution in [1.29, 1.82) is 0 Å². The molecule has 8 nitrogen and oxygen atoms in total. The van der Waals surface area contributed by atoms with E-state index in [2.05, 4.69) is 47.3 Å². The predicted molar refractivity (Wildman–Crippen MR) is 121 cm³/mol. The Morgan fingerprint density at radius 2 is 1.79 bits per heavy atom. The van der Waals surface area contributed by atoms with E-state index in [9.17, 15) is 4.39 Å². The summed E-state index contributed by atoms with van der Waals surface area (Å²) < 4.78 is 44.5. The Labute approximate surface area is 191 Å². The Kier molecular flexibility index (Phi) is 5.41. The van der Waals surface area contributed by atoms with Gasteiger partial charge in [0, 0.05) is 43.5 Å². The molecule has 12 heteroatoms. The van der Waals surface area contributed by atoms with E-state index < -0.39 is 23.1 Å². The number of aromatic nitrogens is 5. The number of H-pyrrole nitrogens is 1. The van der Waals surface area contributed by atoms with Gasteiger partial charge < -0.3 is 15.1 Å². The quantitative estimate of drug-likeness (QED) is 0.454. The first-order chi connectivity index (χ1) is 15.8. The number of halogens is 3. The molecule has 0 spiro atoms. The fourth-order valence-electron chi connectivity index (χ4n) is 3.56. The molecule has 1 aromatic carbocycles. The second-order valence-corrected chi connectivity index (χ2v) is 8.96. The summed E-state index contributed by atoms with van der Waals surface area (Å²) in [6.07, 6.45) is 0. The van der Waals surface area contributed by atoms with Gasteiger partial charge in [-0.15, -0.1) is 0 Å². The van der Waals surface area contributed by atoms with Crippen LogP contribution in [0.3, 0.4) is 0 Å². The van der Waals surface area contributed by atoms with Crippen molar-refractivity contribution in [2.75, 3.05) is 43.4 Å². The first-order valence-corrected chi connectivity index (χ1v) is 11.2. The van der Waals surface area contributed by atoms with Crippen LogP contribution in [0.2, 0.25) is 0 Å². The largest absolute Gasteiger partial charge is 0.345 e. The zero-order chi connectivity index (χ0) is 23.2. The third-order valence-corrected chi connectivity index (χ3v) is 6.57. The van der Waals surface area contributed by atoms with Gasteiger partial charge in [0.05, 0.1) is 0 Å². The smallest absolute Gasteiger partial charge is 0.331 e. The number of nitrogens with one attached hydrogen (secondary N) is 2. The molecule has 1 aliphatic rings. The fourth-order valence-corrected chi connectivity index (χ4v) is 4.57. The van der Waals surface area contributed by atoms with E-state index in [1.807, 2.05) is 6.92 Å². The van der Waals surface area contributed by atoms with Gasteiger partial charge in [0.25, 0.3) is 0 Å². The van der Waals surface area contributed by atoms with Crippen LogP contribution in [0.15, 0.2) is 30.3 Å². The second-order valence-electron chi connectivity index (χ2n) is 7.98. The first kappa shape index (κ1) is 21.6. The molecule has 4 aromatic rings. The van der Waals surface area contributed by atoms with E-state index >= 15 is 8.78 Å². The Bertz CT molecular complexity index is 1280. The van der Waals surface area contributed by atoms with Gasteiger partial charge in [0.2, 0.25) is 5.82 Å². The van der Waals surface area contributed by atoms with Gasteiger partial charge in [-0.3, -0.25) is 5.10 Å². The summed E-state index contributed by atoms with van der Waals surface area (Å²) in [7, 11) is 2.05. The van der Waals surface area contributed by atoms with Crippen molar-refractivity contribution in [3.05, 3.63) is 53.2 Å². The van der Waals surface area contributed by atoms with Gasteiger partial charge in [-0.1, -0.05) is 11.3 Å². The number of hydrogen-bond acceptors (Lipinski definition) is 8. The summed E-state index contributed by atoms with van der Waals surface area (Å²) in [4.78, 5) is 17.2. The Morgan fingerprint density at radius 3 is 2.45 bits per heavy atom. The average molecular weight is 475 g/mol. The molecule has 1 fully saturated rings. The molecule has 0 unspecified atom stereocenters. The highest BCUT2D eigenvalue weighted by Crippen LogP contribution is 2.39. The molecule has 0 saturated carbocycles. The maximum atomic E-state index is 15.3. The Morgan fingerprint density at radius 1 is 1.06 bits per heavy atom. The lowest BCUT2D eigenvalue weighted by molar-refractivity contribution is 0.0332. The number of hydrogen-bond donors (Lipinski definition) is 2. The molecule has 5 rings (SSSR count). The summed E-state index contributed by atoms with van der Waals surface area (Å²) >= 11 is 1.35. The third-order valence-electron chi connectivity index (χ3n) is 5.46. The Hall–Kier alpha value is -3.25. The number of piperazine rings is 1. The first-order valence-electron chi connectivity index (χ1n) is 10.3. The molecule has 0 bridgehead atoms. The average Bonchev–Trinajstić information content (AvgIpc) is 3.40. The molecular weight excluding hydrogens is 453 g/mol. The molecule has 0 atom stereocenters. The molecule has 1 aliphatic heterocycles. The lowest BCUT2D eigenvalue weighted by Gasteiger charge is -2.31. The van der Waals surface area contributed by atoms with Gasteiger partial charge in [0.1, 0.15) is 10.5 Å². The third kappa shape index (κ3) is 4.23. The van der Waals surface area contributed by atoms with Gasteiger partial charge in [-0.05, 0) is 38.2 Å². The van der Waals surface area contributed by atoms with Crippen molar-refractivity contribution < 1.29 is 13.2 Å². The zero-order valence-corrected chi connectivity index (χ0v) is 18.8. The molecule has 4 heterocycles. The van der Waals surface area contributed by atoms with Crippen molar-refractivity contribution in [1.82, 2.24) is 30.0 Å². The van der Waals surface area contributed by atoms with E-state index in [1.54, 1.807) is 6.07 Å². The van der Waals surface area contributed by atoms with Gasteiger partial charge in [-0.2, -0.15) is 18.9 Å². The van der Waals surface area contributed by atoms with Gasteiger partial charge in [0.15, 0.2) is 22.4 Å². The number of thiazole rings is 1. The molecule has 2 N–H and O–H groups in total. The number of rotatable bonds is 5. The van der Waals surface area contributed by atoms with Crippen molar-refractivity contribution in [2.45, 2.75) is 12.8 Å². The number of aromatic amines is 1.